The molecular formula is C16H18F2N2. The third kappa shape index (κ3) is 2.64. The molecule has 1 aliphatic heterocycles. The van der Waals surface area contributed by atoms with Gasteiger partial charge in [0, 0.05) is 31.2 Å². The molecule has 0 aliphatic carbocycles. The number of benzene rings is 1. The summed E-state index contributed by atoms with van der Waals surface area (Å²) in [7, 11) is 1.71. The average molecular weight is 276 g/mol. The van der Waals surface area contributed by atoms with Crippen LogP contribution in [0.1, 0.15) is 25.3 Å². The Balaban J connectivity index is 2.41. The van der Waals surface area contributed by atoms with Crippen LogP contribution in [0.4, 0.5) is 8.78 Å². The summed E-state index contributed by atoms with van der Waals surface area (Å²) < 4.78 is 27.7. The Morgan fingerprint density at radius 2 is 2.00 bits per heavy atom. The average Bonchev–Trinajstić information content (AvgIpc) is 2.41. The summed E-state index contributed by atoms with van der Waals surface area (Å²) >= 11 is 0. The zero-order valence-electron chi connectivity index (χ0n) is 11.8. The molecule has 0 bridgehead atoms. The molecule has 2 rings (SSSR count). The van der Waals surface area contributed by atoms with E-state index in [4.69, 9.17) is 0 Å². The summed E-state index contributed by atoms with van der Waals surface area (Å²) in [5.41, 5.74) is 2.34. The van der Waals surface area contributed by atoms with Crippen molar-refractivity contribution in [2.75, 3.05) is 13.6 Å². The largest absolute Gasteiger partial charge is 0.345 e. The molecule has 2 nitrogen and oxygen atoms in total. The van der Waals surface area contributed by atoms with E-state index in [2.05, 4.69) is 11.6 Å². The van der Waals surface area contributed by atoms with E-state index in [-0.39, 0.29) is 5.56 Å². The van der Waals surface area contributed by atoms with E-state index in [1.54, 1.807) is 13.3 Å². The summed E-state index contributed by atoms with van der Waals surface area (Å²) in [6.45, 7) is 6.52. The molecule has 1 aliphatic rings. The Morgan fingerprint density at radius 1 is 1.35 bits per heavy atom. The highest BCUT2D eigenvalue weighted by atomic mass is 19.1. The van der Waals surface area contributed by atoms with Crippen LogP contribution in [0, 0.1) is 11.6 Å². The number of nitrogens with zero attached hydrogens (tertiary/aromatic N) is 2. The summed E-state index contributed by atoms with van der Waals surface area (Å²) in [6.07, 6.45) is 3.63. The van der Waals surface area contributed by atoms with Crippen LogP contribution in [0.25, 0.3) is 5.70 Å². The summed E-state index contributed by atoms with van der Waals surface area (Å²) in [5, 5.41) is 0. The van der Waals surface area contributed by atoms with Gasteiger partial charge in [0.05, 0.1) is 5.56 Å². The van der Waals surface area contributed by atoms with Crippen molar-refractivity contribution in [2.45, 2.75) is 19.8 Å². The van der Waals surface area contributed by atoms with E-state index in [1.165, 1.54) is 18.2 Å². The molecule has 0 unspecified atom stereocenters. The van der Waals surface area contributed by atoms with Crippen LogP contribution in [-0.2, 0) is 0 Å². The monoisotopic (exact) mass is 276 g/mol. The number of halogens is 2. The SMILES string of the molecule is C=C(c1c(F)cccc1F)N1CCCC(C=NC)=C1C. The van der Waals surface area contributed by atoms with Gasteiger partial charge in [0.1, 0.15) is 11.6 Å². The normalized spacial score (nSPS) is 16.1. The molecule has 0 atom stereocenters. The van der Waals surface area contributed by atoms with Crippen molar-refractivity contribution in [2.24, 2.45) is 4.99 Å². The minimum absolute atomic E-state index is 0.0541. The van der Waals surface area contributed by atoms with E-state index in [0.717, 1.165) is 24.1 Å². The highest BCUT2D eigenvalue weighted by molar-refractivity contribution is 5.80. The lowest BCUT2D eigenvalue weighted by molar-refractivity contribution is 0.438. The second kappa shape index (κ2) is 5.99. The van der Waals surface area contributed by atoms with Gasteiger partial charge in [0.15, 0.2) is 0 Å². The van der Waals surface area contributed by atoms with Gasteiger partial charge in [-0.2, -0.15) is 0 Å². The summed E-state index contributed by atoms with van der Waals surface area (Å²) in [6, 6.07) is 3.86. The lowest BCUT2D eigenvalue weighted by Gasteiger charge is -2.33. The van der Waals surface area contributed by atoms with E-state index < -0.39 is 11.6 Å². The molecule has 0 aromatic heterocycles. The van der Waals surface area contributed by atoms with E-state index in [1.807, 2.05) is 11.8 Å². The summed E-state index contributed by atoms with van der Waals surface area (Å²) in [4.78, 5) is 5.89. The van der Waals surface area contributed by atoms with Crippen LogP contribution in [0.15, 0.2) is 41.0 Å². The highest BCUT2D eigenvalue weighted by Crippen LogP contribution is 2.31. The van der Waals surface area contributed by atoms with Crippen LogP contribution >= 0.6 is 0 Å². The quantitative estimate of drug-likeness (QED) is 0.762. The van der Waals surface area contributed by atoms with Gasteiger partial charge in [0.25, 0.3) is 0 Å². The van der Waals surface area contributed by atoms with Crippen molar-refractivity contribution in [3.05, 3.63) is 53.2 Å². The van der Waals surface area contributed by atoms with Gasteiger partial charge < -0.3 is 4.90 Å². The minimum Gasteiger partial charge on any atom is -0.345 e. The van der Waals surface area contributed by atoms with Crippen molar-refractivity contribution in [1.29, 1.82) is 0 Å². The van der Waals surface area contributed by atoms with Crippen molar-refractivity contribution in [3.8, 4) is 0 Å². The van der Waals surface area contributed by atoms with Crippen molar-refractivity contribution < 1.29 is 8.78 Å². The molecule has 20 heavy (non-hydrogen) atoms. The molecule has 0 radical (unpaired) electrons. The number of allylic oxidation sites excluding steroid dienone is 2. The van der Waals surface area contributed by atoms with Crippen LogP contribution in [0.3, 0.4) is 0 Å². The van der Waals surface area contributed by atoms with E-state index in [0.29, 0.717) is 12.2 Å². The maximum atomic E-state index is 13.9. The lowest BCUT2D eigenvalue weighted by atomic mass is 10.0. The van der Waals surface area contributed by atoms with Gasteiger partial charge in [-0.1, -0.05) is 12.6 Å². The Morgan fingerprint density at radius 3 is 2.60 bits per heavy atom. The molecule has 0 fully saturated rings. The van der Waals surface area contributed by atoms with Crippen molar-refractivity contribution in [3.63, 3.8) is 0 Å². The molecule has 1 heterocycles. The Hall–Kier alpha value is -1.97. The predicted molar refractivity (Wildman–Crippen MR) is 78.4 cm³/mol. The van der Waals surface area contributed by atoms with Crippen LogP contribution < -0.4 is 0 Å². The predicted octanol–water partition coefficient (Wildman–Crippen LogP) is 4.01. The molecule has 1 aromatic rings. The molecule has 0 saturated carbocycles. The number of hydrogen-bond acceptors (Lipinski definition) is 2. The zero-order valence-corrected chi connectivity index (χ0v) is 11.8. The topological polar surface area (TPSA) is 15.6 Å². The second-order valence-electron chi connectivity index (χ2n) is 4.80. The third-order valence-electron chi connectivity index (χ3n) is 3.56. The molecule has 0 spiro atoms. The fourth-order valence-electron chi connectivity index (χ4n) is 2.51. The maximum Gasteiger partial charge on any atom is 0.135 e. The Bertz CT molecular complexity index is 568. The molecule has 106 valence electrons. The number of rotatable bonds is 3. The second-order valence-corrected chi connectivity index (χ2v) is 4.80. The van der Waals surface area contributed by atoms with Crippen LogP contribution in [0.5, 0.6) is 0 Å². The Labute approximate surface area is 118 Å². The molecule has 0 N–H and O–H groups in total. The molecule has 0 amide bonds. The first kappa shape index (κ1) is 14.4. The van der Waals surface area contributed by atoms with Crippen LogP contribution in [0.2, 0.25) is 0 Å². The molecular weight excluding hydrogens is 258 g/mol. The molecule has 4 heteroatoms. The van der Waals surface area contributed by atoms with Gasteiger partial charge in [-0.05, 0) is 37.5 Å². The zero-order chi connectivity index (χ0) is 14.7. The lowest BCUT2D eigenvalue weighted by Crippen LogP contribution is -2.27. The van der Waals surface area contributed by atoms with Gasteiger partial charge in [-0.15, -0.1) is 0 Å². The van der Waals surface area contributed by atoms with E-state index in [9.17, 15) is 8.78 Å². The smallest absolute Gasteiger partial charge is 0.135 e. The van der Waals surface area contributed by atoms with Gasteiger partial charge in [-0.3, -0.25) is 4.99 Å². The standard InChI is InChI=1S/C16H18F2N2/c1-11-13(10-19-3)6-5-9-20(11)12(2)16-14(17)7-4-8-15(16)18/h4,7-8,10H,2,5-6,9H2,1,3H3. The Kier molecular flexibility index (Phi) is 4.32. The minimum atomic E-state index is -0.584. The number of hydrogen-bond donors (Lipinski definition) is 0. The van der Waals surface area contributed by atoms with Crippen molar-refractivity contribution >= 4 is 11.9 Å². The molecule has 0 saturated heterocycles. The summed E-state index contributed by atoms with van der Waals surface area (Å²) in [5.74, 6) is -1.17. The fraction of sp³-hybridized carbons (Fsp3) is 0.312. The van der Waals surface area contributed by atoms with Gasteiger partial charge >= 0.3 is 0 Å². The fourth-order valence-corrected chi connectivity index (χ4v) is 2.51. The first-order valence-electron chi connectivity index (χ1n) is 6.59. The first-order valence-corrected chi connectivity index (χ1v) is 6.59. The number of aliphatic imine (C=N–C) groups is 1. The van der Waals surface area contributed by atoms with Gasteiger partial charge in [-0.25, -0.2) is 8.78 Å². The third-order valence-corrected chi connectivity index (χ3v) is 3.56. The highest BCUT2D eigenvalue weighted by Gasteiger charge is 2.22. The van der Waals surface area contributed by atoms with Crippen LogP contribution in [-0.4, -0.2) is 24.7 Å². The van der Waals surface area contributed by atoms with Gasteiger partial charge in [0.2, 0.25) is 0 Å². The first-order chi connectivity index (χ1) is 9.56. The van der Waals surface area contributed by atoms with Crippen molar-refractivity contribution in [1.82, 2.24) is 4.90 Å². The van der Waals surface area contributed by atoms with E-state index >= 15 is 0 Å². The molecule has 1 aromatic carbocycles. The maximum absolute atomic E-state index is 13.9.